The SMILES string of the molecule is CCOC(=O)c1cn(CC)c2ccc(NC(=O)c3ccc(S(=O)(=O)N4CCCCC4)cc3)cc2c1=O. The third-order valence-electron chi connectivity index (χ3n) is 6.24. The van der Waals surface area contributed by atoms with Crippen LogP contribution in [0.2, 0.25) is 0 Å². The number of ether oxygens (including phenoxy) is 1. The number of sulfonamides is 1. The highest BCUT2D eigenvalue weighted by Gasteiger charge is 2.26. The summed E-state index contributed by atoms with van der Waals surface area (Å²) in [6.45, 7) is 5.25. The summed E-state index contributed by atoms with van der Waals surface area (Å²) in [5, 5.41) is 3.03. The highest BCUT2D eigenvalue weighted by molar-refractivity contribution is 7.89. The Labute approximate surface area is 209 Å². The van der Waals surface area contributed by atoms with Gasteiger partial charge in [-0.1, -0.05) is 6.42 Å². The number of aryl methyl sites for hydroxylation is 1. The summed E-state index contributed by atoms with van der Waals surface area (Å²) in [6.07, 6.45) is 4.20. The predicted molar refractivity (Wildman–Crippen MR) is 137 cm³/mol. The summed E-state index contributed by atoms with van der Waals surface area (Å²) in [6, 6.07) is 10.7. The molecule has 2 heterocycles. The average molecular weight is 512 g/mol. The van der Waals surface area contributed by atoms with E-state index in [1.807, 2.05) is 6.92 Å². The maximum Gasteiger partial charge on any atom is 0.343 e. The lowest BCUT2D eigenvalue weighted by Gasteiger charge is -2.25. The molecular formula is C26H29N3O6S. The molecule has 0 unspecified atom stereocenters. The quantitative estimate of drug-likeness (QED) is 0.485. The van der Waals surface area contributed by atoms with Gasteiger partial charge in [0, 0.05) is 42.5 Å². The van der Waals surface area contributed by atoms with Gasteiger partial charge in [0.1, 0.15) is 5.56 Å². The molecule has 0 spiro atoms. The van der Waals surface area contributed by atoms with Crippen LogP contribution in [0.5, 0.6) is 0 Å². The highest BCUT2D eigenvalue weighted by atomic mass is 32.2. The summed E-state index contributed by atoms with van der Waals surface area (Å²) in [7, 11) is -3.59. The summed E-state index contributed by atoms with van der Waals surface area (Å²) >= 11 is 0. The Kier molecular flexibility index (Phi) is 7.56. The molecule has 0 radical (unpaired) electrons. The molecule has 0 atom stereocenters. The minimum atomic E-state index is -3.59. The Morgan fingerprint density at radius 2 is 1.69 bits per heavy atom. The lowest BCUT2D eigenvalue weighted by molar-refractivity contribution is 0.0524. The number of nitrogens with zero attached hydrogens (tertiary/aromatic N) is 2. The van der Waals surface area contributed by atoms with Crippen LogP contribution in [-0.2, 0) is 21.3 Å². The van der Waals surface area contributed by atoms with Crippen LogP contribution in [-0.4, -0.2) is 48.9 Å². The number of rotatable bonds is 7. The van der Waals surface area contributed by atoms with Gasteiger partial charge in [0.2, 0.25) is 15.5 Å². The number of esters is 1. The number of aromatic nitrogens is 1. The minimum absolute atomic E-state index is 0.0693. The zero-order chi connectivity index (χ0) is 25.9. The normalized spacial score (nSPS) is 14.5. The van der Waals surface area contributed by atoms with Crippen molar-refractivity contribution in [2.45, 2.75) is 44.6 Å². The van der Waals surface area contributed by atoms with Gasteiger partial charge in [0.05, 0.1) is 17.0 Å². The van der Waals surface area contributed by atoms with Crippen molar-refractivity contribution in [3.63, 3.8) is 0 Å². The van der Waals surface area contributed by atoms with Crippen molar-refractivity contribution in [2.75, 3.05) is 25.0 Å². The van der Waals surface area contributed by atoms with E-state index in [4.69, 9.17) is 4.74 Å². The number of anilines is 1. The lowest BCUT2D eigenvalue weighted by atomic mass is 10.1. The first-order chi connectivity index (χ1) is 17.3. The van der Waals surface area contributed by atoms with Gasteiger partial charge in [-0.15, -0.1) is 0 Å². The van der Waals surface area contributed by atoms with Crippen molar-refractivity contribution in [1.82, 2.24) is 8.87 Å². The van der Waals surface area contributed by atoms with Crippen LogP contribution in [0, 0.1) is 0 Å². The van der Waals surface area contributed by atoms with Crippen molar-refractivity contribution in [2.24, 2.45) is 0 Å². The molecule has 190 valence electrons. The van der Waals surface area contributed by atoms with Crippen molar-refractivity contribution < 1.29 is 22.7 Å². The second kappa shape index (κ2) is 10.6. The van der Waals surface area contributed by atoms with Crippen LogP contribution < -0.4 is 10.7 Å². The van der Waals surface area contributed by atoms with E-state index in [1.54, 1.807) is 23.6 Å². The van der Waals surface area contributed by atoms with Gasteiger partial charge in [0.25, 0.3) is 5.91 Å². The van der Waals surface area contributed by atoms with Gasteiger partial charge < -0.3 is 14.6 Å². The number of nitrogens with one attached hydrogen (secondary N) is 1. The van der Waals surface area contributed by atoms with E-state index in [0.29, 0.717) is 30.8 Å². The molecule has 0 bridgehead atoms. The number of hydrogen-bond acceptors (Lipinski definition) is 6. The standard InChI is InChI=1S/C26H29N3O6S/c1-3-28-17-22(26(32)35-4-2)24(30)21-16-19(10-13-23(21)28)27-25(31)18-8-11-20(12-9-18)36(33,34)29-14-6-5-7-15-29/h8-13,16-17H,3-7,14-15H2,1-2H3,(H,27,31). The number of carbonyl (C=O) groups excluding carboxylic acids is 2. The summed E-state index contributed by atoms with van der Waals surface area (Å²) in [5.74, 6) is -1.14. The topological polar surface area (TPSA) is 115 Å². The highest BCUT2D eigenvalue weighted by Crippen LogP contribution is 2.22. The number of amides is 1. The number of carbonyl (C=O) groups is 2. The predicted octanol–water partition coefficient (Wildman–Crippen LogP) is 3.63. The van der Waals surface area contributed by atoms with Crippen molar-refractivity contribution in [3.8, 4) is 0 Å². The molecule has 10 heteroatoms. The molecule has 0 aliphatic carbocycles. The molecule has 1 amide bonds. The molecule has 36 heavy (non-hydrogen) atoms. The smallest absolute Gasteiger partial charge is 0.343 e. The van der Waals surface area contributed by atoms with Gasteiger partial charge in [0.15, 0.2) is 0 Å². The van der Waals surface area contributed by atoms with E-state index in [0.717, 1.165) is 19.3 Å². The zero-order valence-corrected chi connectivity index (χ0v) is 21.1. The summed E-state index contributed by atoms with van der Waals surface area (Å²) in [5.41, 5.74) is 0.731. The van der Waals surface area contributed by atoms with Gasteiger partial charge in [-0.3, -0.25) is 9.59 Å². The fourth-order valence-electron chi connectivity index (χ4n) is 4.33. The average Bonchev–Trinajstić information content (AvgIpc) is 2.90. The first-order valence-corrected chi connectivity index (χ1v) is 13.5. The number of pyridine rings is 1. The van der Waals surface area contributed by atoms with Crippen molar-refractivity contribution in [3.05, 3.63) is 70.0 Å². The molecule has 0 saturated carbocycles. The zero-order valence-electron chi connectivity index (χ0n) is 20.3. The van der Waals surface area contributed by atoms with Gasteiger partial charge in [-0.05, 0) is 69.2 Å². The van der Waals surface area contributed by atoms with Crippen LogP contribution in [0.3, 0.4) is 0 Å². The molecule has 9 nitrogen and oxygen atoms in total. The Morgan fingerprint density at radius 3 is 2.33 bits per heavy atom. The van der Waals surface area contributed by atoms with Crippen LogP contribution in [0.25, 0.3) is 10.9 Å². The van der Waals surface area contributed by atoms with Gasteiger partial charge in [-0.25, -0.2) is 13.2 Å². The lowest BCUT2D eigenvalue weighted by Crippen LogP contribution is -2.35. The van der Waals surface area contributed by atoms with Crippen LogP contribution in [0.4, 0.5) is 5.69 Å². The van der Waals surface area contributed by atoms with Crippen molar-refractivity contribution in [1.29, 1.82) is 0 Å². The number of piperidine rings is 1. The first kappa shape index (κ1) is 25.6. The number of fused-ring (bicyclic) bond motifs is 1. The monoisotopic (exact) mass is 511 g/mol. The Bertz CT molecular complexity index is 1460. The molecule has 4 rings (SSSR count). The molecule has 1 aliphatic heterocycles. The third kappa shape index (κ3) is 5.05. The fourth-order valence-corrected chi connectivity index (χ4v) is 5.84. The third-order valence-corrected chi connectivity index (χ3v) is 8.16. The van der Waals surface area contributed by atoms with E-state index in [2.05, 4.69) is 5.32 Å². The second-order valence-corrected chi connectivity index (χ2v) is 10.5. The molecule has 3 aromatic rings. The Hall–Kier alpha value is -3.50. The maximum atomic E-state index is 13.0. The minimum Gasteiger partial charge on any atom is -0.462 e. The molecule has 1 aromatic heterocycles. The molecule has 1 N–H and O–H groups in total. The molecule has 1 saturated heterocycles. The van der Waals surface area contributed by atoms with Gasteiger partial charge in [-0.2, -0.15) is 4.31 Å². The first-order valence-electron chi connectivity index (χ1n) is 12.0. The Morgan fingerprint density at radius 1 is 1.00 bits per heavy atom. The largest absolute Gasteiger partial charge is 0.462 e. The van der Waals surface area contributed by atoms with Crippen LogP contribution in [0.15, 0.2) is 58.4 Å². The molecule has 2 aromatic carbocycles. The van der Waals surface area contributed by atoms with E-state index >= 15 is 0 Å². The Balaban J connectivity index is 1.59. The van der Waals surface area contributed by atoms with Gasteiger partial charge >= 0.3 is 5.97 Å². The van der Waals surface area contributed by atoms with E-state index in [-0.39, 0.29) is 28.0 Å². The molecule has 1 aliphatic rings. The fraction of sp³-hybridized carbons (Fsp3) is 0.346. The summed E-state index contributed by atoms with van der Waals surface area (Å²) in [4.78, 5) is 38.3. The number of hydrogen-bond donors (Lipinski definition) is 1. The number of benzene rings is 2. The van der Waals surface area contributed by atoms with E-state index in [1.165, 1.54) is 40.8 Å². The molecule has 1 fully saturated rings. The van der Waals surface area contributed by atoms with Crippen LogP contribution >= 0.6 is 0 Å². The van der Waals surface area contributed by atoms with E-state index < -0.39 is 27.3 Å². The van der Waals surface area contributed by atoms with Crippen molar-refractivity contribution >= 4 is 38.5 Å². The second-order valence-electron chi connectivity index (χ2n) is 8.55. The van der Waals surface area contributed by atoms with E-state index in [9.17, 15) is 22.8 Å². The molecular weight excluding hydrogens is 482 g/mol. The van der Waals surface area contributed by atoms with Crippen LogP contribution in [0.1, 0.15) is 53.8 Å². The summed E-state index contributed by atoms with van der Waals surface area (Å²) < 4.78 is 34.0. The maximum absolute atomic E-state index is 13.0.